The number of halogens is 2. The smallest absolute Gasteiger partial charge is 0.272 e. The van der Waals surface area contributed by atoms with E-state index in [-0.39, 0.29) is 10.6 Å². The summed E-state index contributed by atoms with van der Waals surface area (Å²) in [5.74, 6) is 0.542. The summed E-state index contributed by atoms with van der Waals surface area (Å²) < 4.78 is 0.791. The zero-order valence-corrected chi connectivity index (χ0v) is 12.9. The fraction of sp³-hybridized carbons (Fsp3) is 0.154. The van der Waals surface area contributed by atoms with Crippen LogP contribution in [0.1, 0.15) is 11.1 Å². The van der Waals surface area contributed by atoms with Crippen LogP contribution < -0.4 is 5.32 Å². The SMILES string of the molecule is Cc1c(CNc2ncc(Br)cc2Cl)cccc1[N+](=O)[O-]. The highest BCUT2D eigenvalue weighted by Crippen LogP contribution is 2.25. The first kappa shape index (κ1) is 14.7. The maximum atomic E-state index is 10.9. The Hall–Kier alpha value is -1.66. The Kier molecular flexibility index (Phi) is 4.57. The molecule has 1 heterocycles. The van der Waals surface area contributed by atoms with Crippen molar-refractivity contribution in [2.75, 3.05) is 5.32 Å². The van der Waals surface area contributed by atoms with E-state index in [4.69, 9.17) is 11.6 Å². The second-order valence-electron chi connectivity index (χ2n) is 4.16. The van der Waals surface area contributed by atoms with Crippen LogP contribution in [0.4, 0.5) is 11.5 Å². The predicted molar refractivity (Wildman–Crippen MR) is 82.1 cm³/mol. The van der Waals surface area contributed by atoms with Crippen molar-refractivity contribution in [3.05, 3.63) is 61.2 Å². The van der Waals surface area contributed by atoms with Gasteiger partial charge in [0, 0.05) is 28.8 Å². The molecule has 0 atom stereocenters. The largest absolute Gasteiger partial charge is 0.365 e. The highest BCUT2D eigenvalue weighted by atomic mass is 79.9. The van der Waals surface area contributed by atoms with Gasteiger partial charge in [-0.3, -0.25) is 10.1 Å². The highest BCUT2D eigenvalue weighted by molar-refractivity contribution is 9.10. The molecule has 1 aromatic carbocycles. The average Bonchev–Trinajstić information content (AvgIpc) is 2.39. The van der Waals surface area contributed by atoms with Crippen LogP contribution in [0.5, 0.6) is 0 Å². The van der Waals surface area contributed by atoms with Gasteiger partial charge in [0.2, 0.25) is 0 Å². The Labute approximate surface area is 129 Å². The number of hydrogen-bond acceptors (Lipinski definition) is 4. The highest BCUT2D eigenvalue weighted by Gasteiger charge is 2.13. The Morgan fingerprint density at radius 1 is 1.50 bits per heavy atom. The van der Waals surface area contributed by atoms with E-state index in [1.165, 1.54) is 6.07 Å². The van der Waals surface area contributed by atoms with E-state index in [0.717, 1.165) is 10.0 Å². The van der Waals surface area contributed by atoms with Gasteiger partial charge in [-0.15, -0.1) is 0 Å². The molecule has 0 aliphatic carbocycles. The maximum Gasteiger partial charge on any atom is 0.272 e. The Morgan fingerprint density at radius 3 is 2.90 bits per heavy atom. The molecule has 5 nitrogen and oxygen atoms in total. The number of anilines is 1. The fourth-order valence-corrected chi connectivity index (χ4v) is 2.48. The minimum atomic E-state index is -0.385. The number of nitrogens with zero attached hydrogens (tertiary/aromatic N) is 2. The van der Waals surface area contributed by atoms with Crippen molar-refractivity contribution in [2.45, 2.75) is 13.5 Å². The lowest BCUT2D eigenvalue weighted by molar-refractivity contribution is -0.385. The quantitative estimate of drug-likeness (QED) is 0.654. The minimum Gasteiger partial charge on any atom is -0.365 e. The van der Waals surface area contributed by atoms with Crippen molar-refractivity contribution in [1.29, 1.82) is 0 Å². The topological polar surface area (TPSA) is 68.1 Å². The molecule has 0 amide bonds. The number of pyridine rings is 1. The lowest BCUT2D eigenvalue weighted by atomic mass is 10.1. The molecular weight excluding hydrogens is 346 g/mol. The number of nitro benzene ring substituents is 1. The summed E-state index contributed by atoms with van der Waals surface area (Å²) in [4.78, 5) is 14.7. The number of hydrogen-bond donors (Lipinski definition) is 1. The molecular formula is C13H11BrClN3O2. The summed E-state index contributed by atoms with van der Waals surface area (Å²) in [6.45, 7) is 2.15. The molecule has 7 heteroatoms. The summed E-state index contributed by atoms with van der Waals surface area (Å²) >= 11 is 9.33. The summed E-state index contributed by atoms with van der Waals surface area (Å²) in [6.07, 6.45) is 1.63. The zero-order valence-electron chi connectivity index (χ0n) is 10.6. The van der Waals surface area contributed by atoms with Crippen molar-refractivity contribution < 1.29 is 4.92 Å². The Morgan fingerprint density at radius 2 is 2.25 bits per heavy atom. The number of rotatable bonds is 4. The van der Waals surface area contributed by atoms with Crippen molar-refractivity contribution in [1.82, 2.24) is 4.98 Å². The Balaban J connectivity index is 2.19. The summed E-state index contributed by atoms with van der Waals surface area (Å²) in [5, 5.41) is 14.5. The first-order valence-corrected chi connectivity index (χ1v) is 6.94. The molecule has 1 N–H and O–H groups in total. The Bertz CT molecular complexity index is 664. The van der Waals surface area contributed by atoms with Gasteiger partial charge in [0.05, 0.1) is 9.95 Å². The molecule has 0 unspecified atom stereocenters. The van der Waals surface area contributed by atoms with Crippen LogP contribution in [0.2, 0.25) is 5.02 Å². The number of nitro groups is 1. The third-order valence-corrected chi connectivity index (χ3v) is 3.59. The van der Waals surface area contributed by atoms with Crippen LogP contribution in [-0.4, -0.2) is 9.91 Å². The van der Waals surface area contributed by atoms with Crippen LogP contribution in [0.25, 0.3) is 0 Å². The monoisotopic (exact) mass is 355 g/mol. The number of benzene rings is 1. The van der Waals surface area contributed by atoms with Crippen molar-refractivity contribution >= 4 is 39.0 Å². The van der Waals surface area contributed by atoms with Crippen LogP contribution >= 0.6 is 27.5 Å². The summed E-state index contributed by atoms with van der Waals surface area (Å²) in [6, 6.07) is 6.72. The molecule has 0 saturated heterocycles. The lowest BCUT2D eigenvalue weighted by Gasteiger charge is -2.10. The van der Waals surface area contributed by atoms with E-state index in [1.807, 2.05) is 6.07 Å². The normalized spacial score (nSPS) is 10.3. The van der Waals surface area contributed by atoms with Gasteiger partial charge in [-0.05, 0) is 34.5 Å². The molecule has 0 bridgehead atoms. The van der Waals surface area contributed by atoms with Gasteiger partial charge in [0.1, 0.15) is 5.82 Å². The van der Waals surface area contributed by atoms with E-state index in [9.17, 15) is 10.1 Å². The number of aromatic nitrogens is 1. The van der Waals surface area contributed by atoms with Crippen molar-refractivity contribution in [2.24, 2.45) is 0 Å². The second-order valence-corrected chi connectivity index (χ2v) is 5.48. The molecule has 1 aromatic heterocycles. The molecule has 0 fully saturated rings. The molecule has 104 valence electrons. The van der Waals surface area contributed by atoms with Crippen molar-refractivity contribution in [3.63, 3.8) is 0 Å². The van der Waals surface area contributed by atoms with Crippen LogP contribution in [-0.2, 0) is 6.54 Å². The van der Waals surface area contributed by atoms with Gasteiger partial charge in [-0.25, -0.2) is 4.98 Å². The second kappa shape index (κ2) is 6.19. The van der Waals surface area contributed by atoms with Gasteiger partial charge in [-0.1, -0.05) is 23.7 Å². The third-order valence-electron chi connectivity index (χ3n) is 2.87. The summed E-state index contributed by atoms with van der Waals surface area (Å²) in [7, 11) is 0. The molecule has 0 spiro atoms. The molecule has 0 saturated carbocycles. The molecule has 0 radical (unpaired) electrons. The predicted octanol–water partition coefficient (Wildman–Crippen LogP) is 4.33. The molecule has 0 aliphatic rings. The third kappa shape index (κ3) is 3.26. The van der Waals surface area contributed by atoms with E-state index in [2.05, 4.69) is 26.2 Å². The zero-order chi connectivity index (χ0) is 14.7. The van der Waals surface area contributed by atoms with Gasteiger partial charge < -0.3 is 5.32 Å². The summed E-state index contributed by atoms with van der Waals surface area (Å²) in [5.41, 5.74) is 1.58. The van der Waals surface area contributed by atoms with Crippen LogP contribution in [0, 0.1) is 17.0 Å². The van der Waals surface area contributed by atoms with Gasteiger partial charge >= 0.3 is 0 Å². The molecule has 20 heavy (non-hydrogen) atoms. The first-order valence-electron chi connectivity index (χ1n) is 5.77. The minimum absolute atomic E-state index is 0.110. The van der Waals surface area contributed by atoms with Crippen LogP contribution in [0.15, 0.2) is 34.9 Å². The molecule has 0 aliphatic heterocycles. The number of nitrogens with one attached hydrogen (secondary N) is 1. The fourth-order valence-electron chi connectivity index (χ4n) is 1.78. The van der Waals surface area contributed by atoms with E-state index >= 15 is 0 Å². The van der Waals surface area contributed by atoms with Crippen molar-refractivity contribution in [3.8, 4) is 0 Å². The van der Waals surface area contributed by atoms with Crippen LogP contribution in [0.3, 0.4) is 0 Å². The van der Waals surface area contributed by atoms with E-state index in [1.54, 1.807) is 25.3 Å². The average molecular weight is 357 g/mol. The van der Waals surface area contributed by atoms with E-state index in [0.29, 0.717) is 22.9 Å². The van der Waals surface area contributed by atoms with Gasteiger partial charge in [0.15, 0.2) is 0 Å². The molecule has 2 rings (SSSR count). The molecule has 2 aromatic rings. The first-order chi connectivity index (χ1) is 9.49. The van der Waals surface area contributed by atoms with Gasteiger partial charge in [-0.2, -0.15) is 0 Å². The standard InChI is InChI=1S/C13H11BrClN3O2/c1-8-9(3-2-4-12(8)18(19)20)6-16-13-11(15)5-10(14)7-17-13/h2-5,7H,6H2,1H3,(H,16,17). The van der Waals surface area contributed by atoms with Gasteiger partial charge in [0.25, 0.3) is 5.69 Å². The maximum absolute atomic E-state index is 10.9. The van der Waals surface area contributed by atoms with E-state index < -0.39 is 0 Å². The lowest BCUT2D eigenvalue weighted by Crippen LogP contribution is -2.05.